The second-order valence-corrected chi connectivity index (χ2v) is 11.2. The topological polar surface area (TPSA) is 133 Å². The minimum atomic E-state index is -1.01. The van der Waals surface area contributed by atoms with E-state index in [-0.39, 0.29) is 6.42 Å². The van der Waals surface area contributed by atoms with Gasteiger partial charge in [-0.25, -0.2) is 4.79 Å². The molecule has 6 rings (SSSR count). The van der Waals surface area contributed by atoms with Crippen molar-refractivity contribution in [1.82, 2.24) is 19.8 Å². The Balaban J connectivity index is 1.35. The maximum Gasteiger partial charge on any atom is 0.407 e. The molecule has 3 aliphatic heterocycles. The van der Waals surface area contributed by atoms with Gasteiger partial charge in [0, 0.05) is 48.9 Å². The first-order chi connectivity index (χ1) is 20.5. The summed E-state index contributed by atoms with van der Waals surface area (Å²) in [5.41, 5.74) is 3.53. The van der Waals surface area contributed by atoms with Crippen molar-refractivity contribution in [2.45, 2.75) is 44.3 Å². The van der Waals surface area contributed by atoms with Crippen LogP contribution in [0.1, 0.15) is 36.1 Å². The molecule has 0 saturated carbocycles. The summed E-state index contributed by atoms with van der Waals surface area (Å²) in [6.07, 6.45) is 2.00. The van der Waals surface area contributed by atoms with Gasteiger partial charge in [0.25, 0.3) is 0 Å². The highest BCUT2D eigenvalue weighted by Gasteiger charge is 2.34. The fourth-order valence-corrected chi connectivity index (χ4v) is 6.54. The van der Waals surface area contributed by atoms with Gasteiger partial charge in [-0.05, 0) is 50.4 Å². The molecule has 2 unspecified atom stereocenters. The molecule has 1 aromatic heterocycles. The highest BCUT2D eigenvalue weighted by molar-refractivity contribution is 5.98. The number of rotatable bonds is 6. The number of hydrogen-bond acceptors (Lipinski definition) is 9. The van der Waals surface area contributed by atoms with E-state index in [1.807, 2.05) is 30.3 Å². The molecule has 11 nitrogen and oxygen atoms in total. The average Bonchev–Trinajstić information content (AvgIpc) is 3.43. The predicted molar refractivity (Wildman–Crippen MR) is 158 cm³/mol. The van der Waals surface area contributed by atoms with Crippen molar-refractivity contribution in [1.29, 1.82) is 10.5 Å². The van der Waals surface area contributed by atoms with Crippen LogP contribution in [-0.4, -0.2) is 89.4 Å². The van der Waals surface area contributed by atoms with E-state index < -0.39 is 12.1 Å². The largest absolute Gasteiger partial charge is 0.465 e. The number of piperazine rings is 1. The number of likely N-dealkylation sites (tertiary alicyclic amines) is 1. The van der Waals surface area contributed by atoms with Gasteiger partial charge in [-0.15, -0.1) is 0 Å². The Bertz CT molecular complexity index is 1580. The van der Waals surface area contributed by atoms with Crippen molar-refractivity contribution in [3.8, 4) is 18.1 Å². The lowest BCUT2D eigenvalue weighted by Gasteiger charge is -2.41. The first-order valence-electron chi connectivity index (χ1n) is 14.5. The zero-order valence-electron chi connectivity index (χ0n) is 23.7. The molecule has 2 aromatic carbocycles. The Morgan fingerprint density at radius 3 is 2.64 bits per heavy atom. The van der Waals surface area contributed by atoms with Crippen LogP contribution in [0.3, 0.4) is 0 Å². The third-order valence-corrected chi connectivity index (χ3v) is 8.80. The number of nitriles is 2. The molecule has 1 N–H and O–H groups in total. The summed E-state index contributed by atoms with van der Waals surface area (Å²) in [6, 6.07) is 16.6. The fourth-order valence-electron chi connectivity index (χ4n) is 6.54. The molecule has 1 amide bonds. The van der Waals surface area contributed by atoms with Crippen molar-refractivity contribution in [3.63, 3.8) is 0 Å². The van der Waals surface area contributed by atoms with Crippen LogP contribution in [0.25, 0.3) is 10.8 Å². The third-order valence-electron chi connectivity index (χ3n) is 8.80. The lowest BCUT2D eigenvalue weighted by atomic mass is 9.99. The first kappa shape index (κ1) is 27.6. The van der Waals surface area contributed by atoms with Gasteiger partial charge in [0.2, 0.25) is 0 Å². The highest BCUT2D eigenvalue weighted by atomic mass is 16.5. The van der Waals surface area contributed by atoms with E-state index in [1.54, 1.807) is 0 Å². The minimum Gasteiger partial charge on any atom is -0.465 e. The average molecular weight is 567 g/mol. The van der Waals surface area contributed by atoms with Crippen molar-refractivity contribution in [3.05, 3.63) is 53.2 Å². The van der Waals surface area contributed by atoms with Crippen molar-refractivity contribution < 1.29 is 14.6 Å². The normalized spacial score (nSPS) is 20.7. The van der Waals surface area contributed by atoms with E-state index in [1.165, 1.54) is 4.90 Å². The van der Waals surface area contributed by atoms with E-state index in [4.69, 9.17) is 14.7 Å². The minimum absolute atomic E-state index is 0.115. The zero-order chi connectivity index (χ0) is 29.2. The van der Waals surface area contributed by atoms with Crippen LogP contribution in [0.5, 0.6) is 6.01 Å². The lowest BCUT2D eigenvalue weighted by molar-refractivity contribution is 0.119. The van der Waals surface area contributed by atoms with Gasteiger partial charge in [-0.2, -0.15) is 20.5 Å². The second kappa shape index (κ2) is 11.7. The number of ether oxygens (including phenoxy) is 1. The number of anilines is 2. The van der Waals surface area contributed by atoms with Crippen LogP contribution in [0.4, 0.5) is 16.3 Å². The summed E-state index contributed by atoms with van der Waals surface area (Å²) >= 11 is 0. The predicted octanol–water partition coefficient (Wildman–Crippen LogP) is 3.62. The van der Waals surface area contributed by atoms with Gasteiger partial charge in [0.15, 0.2) is 0 Å². The fraction of sp³-hybridized carbons (Fsp3) is 0.452. The molecular weight excluding hydrogens is 532 g/mol. The molecule has 0 aliphatic carbocycles. The number of fused-ring (bicyclic) bond motifs is 2. The van der Waals surface area contributed by atoms with Gasteiger partial charge >= 0.3 is 12.1 Å². The number of carbonyl (C=O) groups is 1. The summed E-state index contributed by atoms with van der Waals surface area (Å²) in [5.74, 6) is 0.762. The molecule has 42 heavy (non-hydrogen) atoms. The maximum absolute atomic E-state index is 11.8. The molecule has 3 aliphatic rings. The Morgan fingerprint density at radius 1 is 1.07 bits per heavy atom. The Morgan fingerprint density at radius 2 is 1.90 bits per heavy atom. The Kier molecular flexibility index (Phi) is 7.68. The van der Waals surface area contributed by atoms with Gasteiger partial charge in [0.1, 0.15) is 12.4 Å². The molecule has 4 heterocycles. The highest BCUT2D eigenvalue weighted by Crippen LogP contribution is 2.36. The molecule has 216 valence electrons. The number of hydrogen-bond donors (Lipinski definition) is 1. The molecule has 2 saturated heterocycles. The molecule has 2 atom stereocenters. The van der Waals surface area contributed by atoms with E-state index in [0.717, 1.165) is 52.9 Å². The summed E-state index contributed by atoms with van der Waals surface area (Å²) < 4.78 is 6.23. The molecule has 3 aromatic rings. The monoisotopic (exact) mass is 566 g/mol. The van der Waals surface area contributed by atoms with Crippen LogP contribution in [0, 0.1) is 22.7 Å². The van der Waals surface area contributed by atoms with E-state index in [2.05, 4.69) is 40.0 Å². The van der Waals surface area contributed by atoms with E-state index in [0.29, 0.717) is 63.4 Å². The number of benzene rings is 2. The van der Waals surface area contributed by atoms with E-state index in [9.17, 15) is 20.4 Å². The molecule has 0 bridgehead atoms. The van der Waals surface area contributed by atoms with Crippen LogP contribution < -0.4 is 14.5 Å². The summed E-state index contributed by atoms with van der Waals surface area (Å²) in [6.45, 7) is 3.93. The lowest BCUT2D eigenvalue weighted by Crippen LogP contribution is -2.55. The first-order valence-corrected chi connectivity index (χ1v) is 14.5. The van der Waals surface area contributed by atoms with Crippen molar-refractivity contribution in [2.24, 2.45) is 0 Å². The van der Waals surface area contributed by atoms with E-state index >= 15 is 0 Å². The van der Waals surface area contributed by atoms with Gasteiger partial charge in [-0.3, -0.25) is 0 Å². The molecule has 2 fully saturated rings. The number of carboxylic acid groups (broad SMARTS) is 1. The zero-order valence-corrected chi connectivity index (χ0v) is 23.7. The standard InChI is InChI=1S/C31H34N8O3/c1-36-13-4-8-24(36)20-42-30-34-26-19-37(27-9-3-6-21-5-2-7-22(17-33)28(21)27)14-11-25(26)29(35-30)38-15-16-39(31(40)41)23(18-38)10-12-32/h2-3,5-7,9,23-24H,4,8,10-11,13-16,18-20H2,1H3,(H,40,41). The number of aromatic nitrogens is 2. The van der Waals surface area contributed by atoms with Crippen LogP contribution >= 0.6 is 0 Å². The number of amides is 1. The van der Waals surface area contributed by atoms with Crippen LogP contribution in [-0.2, 0) is 13.0 Å². The maximum atomic E-state index is 11.8. The molecular formula is C31H34N8O3. The Labute approximate surface area is 245 Å². The Hall–Kier alpha value is -4.61. The second-order valence-electron chi connectivity index (χ2n) is 11.2. The summed E-state index contributed by atoms with van der Waals surface area (Å²) in [5, 5.41) is 30.9. The van der Waals surface area contributed by atoms with Crippen LogP contribution in [0.2, 0.25) is 0 Å². The molecule has 0 radical (unpaired) electrons. The van der Waals surface area contributed by atoms with Crippen molar-refractivity contribution >= 4 is 28.4 Å². The quantitative estimate of drug-likeness (QED) is 0.472. The number of nitrogens with zero attached hydrogens (tertiary/aromatic N) is 8. The summed E-state index contributed by atoms with van der Waals surface area (Å²) in [4.78, 5) is 29.7. The molecule has 11 heteroatoms. The van der Waals surface area contributed by atoms with Gasteiger partial charge in [-0.1, -0.05) is 24.3 Å². The smallest absolute Gasteiger partial charge is 0.407 e. The SMILES string of the molecule is CN1CCCC1COc1nc2c(c(N3CCN(C(=O)O)C(CC#N)C3)n1)CCN(c1cccc3cccc(C#N)c13)C2. The van der Waals surface area contributed by atoms with Crippen molar-refractivity contribution in [2.75, 3.05) is 56.2 Å². The third kappa shape index (κ3) is 5.24. The van der Waals surface area contributed by atoms with Gasteiger partial charge in [0.05, 0.1) is 42.4 Å². The van der Waals surface area contributed by atoms with Crippen LogP contribution in [0.15, 0.2) is 36.4 Å². The molecule has 0 spiro atoms. The number of likely N-dealkylation sites (N-methyl/N-ethyl adjacent to an activating group) is 1. The summed E-state index contributed by atoms with van der Waals surface area (Å²) in [7, 11) is 2.11. The van der Waals surface area contributed by atoms with Gasteiger partial charge < -0.3 is 29.4 Å².